The second-order valence-corrected chi connectivity index (χ2v) is 8.20. The molecule has 4 nitrogen and oxygen atoms in total. The van der Waals surface area contributed by atoms with Crippen LogP contribution in [0, 0.1) is 17.0 Å². The van der Waals surface area contributed by atoms with E-state index < -0.39 is 11.9 Å². The smallest absolute Gasteiger partial charge is 0.252 e. The van der Waals surface area contributed by atoms with Crippen molar-refractivity contribution in [3.05, 3.63) is 65.0 Å². The van der Waals surface area contributed by atoms with E-state index in [-0.39, 0.29) is 17.5 Å². The Kier molecular flexibility index (Phi) is 9.78. The summed E-state index contributed by atoms with van der Waals surface area (Å²) >= 11 is 2.07. The molecule has 0 fully saturated rings. The van der Waals surface area contributed by atoms with Gasteiger partial charge in [-0.2, -0.15) is 0 Å². The Labute approximate surface area is 187 Å². The fourth-order valence-corrected chi connectivity index (χ4v) is 3.44. The topological polar surface area (TPSA) is 58.6 Å². The molecule has 0 aliphatic carbocycles. The molecule has 0 radical (unpaired) electrons. The minimum atomic E-state index is -0.592. The third-order valence-corrected chi connectivity index (χ3v) is 5.36. The Hall–Kier alpha value is -1.76. The minimum absolute atomic E-state index is 0.254. The number of methoxy groups -OCH3 is 1. The average molecular weight is 527 g/mol. The van der Waals surface area contributed by atoms with Gasteiger partial charge < -0.3 is 15.2 Å². The molecule has 2 atom stereocenters. The maximum Gasteiger partial charge on any atom is 0.252 e. The van der Waals surface area contributed by atoms with Gasteiger partial charge in [0.15, 0.2) is 0 Å². The van der Waals surface area contributed by atoms with E-state index in [2.05, 4.69) is 37.7 Å². The Morgan fingerprint density at radius 3 is 2.69 bits per heavy atom. The van der Waals surface area contributed by atoms with Gasteiger partial charge in [0.1, 0.15) is 11.6 Å². The highest BCUT2D eigenvalue weighted by atomic mass is 127. The van der Waals surface area contributed by atoms with E-state index in [0.717, 1.165) is 11.3 Å². The molecule has 0 aromatic heterocycles. The third-order valence-electron chi connectivity index (χ3n) is 4.48. The van der Waals surface area contributed by atoms with Crippen LogP contribution in [0.5, 0.6) is 5.75 Å². The molecule has 0 spiro atoms. The molecular weight excluding hydrogens is 504 g/mol. The van der Waals surface area contributed by atoms with Crippen molar-refractivity contribution in [2.45, 2.75) is 38.3 Å². The first-order valence-corrected chi connectivity index (χ1v) is 12.5. The number of nitrogens with one attached hydrogen (secondary N) is 1. The maximum atomic E-state index is 13.8. The molecule has 2 rings (SSSR count). The standard InChI is InChI=1S/C22H23FINO3S/c1-15(16-7-11-20(28-2)12-8-16)25-22(27)21-14-18(23)9-5-17(21)6-10-19(26)4-3-13-29-24/h5,7-9,11-12,14-15,19,26H,4,6,10H2,1-2H3,(H,25,27)/t15-,19-/m0/s1. The van der Waals surface area contributed by atoms with Crippen LogP contribution in [0.3, 0.4) is 0 Å². The van der Waals surface area contributed by atoms with E-state index in [0.29, 0.717) is 24.8 Å². The lowest BCUT2D eigenvalue weighted by Crippen LogP contribution is -2.27. The zero-order valence-corrected chi connectivity index (χ0v) is 19.2. The number of hydrogen-bond donors (Lipinski definition) is 2. The first-order valence-electron chi connectivity index (χ1n) is 9.11. The Morgan fingerprint density at radius 2 is 2.03 bits per heavy atom. The number of aliphatic hydroxyl groups is 1. The van der Waals surface area contributed by atoms with Crippen molar-refractivity contribution in [2.24, 2.45) is 0 Å². The lowest BCUT2D eigenvalue weighted by atomic mass is 9.99. The van der Waals surface area contributed by atoms with Gasteiger partial charge in [0.25, 0.3) is 5.91 Å². The molecular formula is C22H23FINO3S. The van der Waals surface area contributed by atoms with Crippen LogP contribution in [0.4, 0.5) is 4.39 Å². The predicted molar refractivity (Wildman–Crippen MR) is 124 cm³/mol. The molecule has 0 aliphatic rings. The second-order valence-electron chi connectivity index (χ2n) is 6.52. The number of amides is 1. The summed E-state index contributed by atoms with van der Waals surface area (Å²) in [6, 6.07) is 11.3. The zero-order chi connectivity index (χ0) is 21.2. The number of carbonyl (C=O) groups excluding carboxylic acids is 1. The fraction of sp³-hybridized carbons (Fsp3) is 0.318. The van der Waals surface area contributed by atoms with Crippen molar-refractivity contribution in [2.75, 3.05) is 7.11 Å². The molecule has 1 amide bonds. The summed E-state index contributed by atoms with van der Waals surface area (Å²) in [6.07, 6.45) is 0.679. The normalized spacial score (nSPS) is 12.4. The Morgan fingerprint density at radius 1 is 1.31 bits per heavy atom. The molecule has 0 heterocycles. The molecule has 2 aromatic carbocycles. The molecule has 2 N–H and O–H groups in total. The van der Waals surface area contributed by atoms with Crippen molar-refractivity contribution in [1.82, 2.24) is 5.32 Å². The second kappa shape index (κ2) is 12.1. The van der Waals surface area contributed by atoms with Crippen LogP contribution in [0.2, 0.25) is 0 Å². The van der Waals surface area contributed by atoms with Gasteiger partial charge >= 0.3 is 0 Å². The molecule has 0 saturated heterocycles. The molecule has 2 aromatic rings. The van der Waals surface area contributed by atoms with Crippen LogP contribution in [0.15, 0.2) is 42.5 Å². The quantitative estimate of drug-likeness (QED) is 0.373. The number of hydrogen-bond acceptors (Lipinski definition) is 4. The number of benzene rings is 2. The maximum absolute atomic E-state index is 13.8. The van der Waals surface area contributed by atoms with Gasteiger partial charge in [-0.1, -0.05) is 24.1 Å². The van der Waals surface area contributed by atoms with Crippen molar-refractivity contribution < 1.29 is 19.0 Å². The summed E-state index contributed by atoms with van der Waals surface area (Å²) in [7, 11) is 2.96. The van der Waals surface area contributed by atoms with Crippen LogP contribution < -0.4 is 10.1 Å². The molecule has 7 heteroatoms. The van der Waals surface area contributed by atoms with Crippen LogP contribution in [-0.4, -0.2) is 24.2 Å². The summed E-state index contributed by atoms with van der Waals surface area (Å²) in [5.74, 6) is 2.79. The largest absolute Gasteiger partial charge is 0.497 e. The number of rotatable bonds is 8. The lowest BCUT2D eigenvalue weighted by molar-refractivity contribution is 0.0937. The van der Waals surface area contributed by atoms with Gasteiger partial charge in [-0.25, -0.2) is 4.39 Å². The van der Waals surface area contributed by atoms with Gasteiger partial charge in [-0.05, 0) is 69.3 Å². The SMILES string of the molecule is COc1ccc([C@H](C)NC(=O)c2cc(F)ccc2CC[C@@H](O)CC#CSI)cc1. The summed E-state index contributed by atoms with van der Waals surface area (Å²) in [5.41, 5.74) is 1.90. The van der Waals surface area contributed by atoms with Crippen molar-refractivity contribution in [1.29, 1.82) is 0 Å². The highest BCUT2D eigenvalue weighted by molar-refractivity contribution is 14.2. The van der Waals surface area contributed by atoms with E-state index >= 15 is 0 Å². The van der Waals surface area contributed by atoms with Crippen LogP contribution >= 0.6 is 30.1 Å². The van der Waals surface area contributed by atoms with E-state index in [1.165, 1.54) is 21.1 Å². The first-order chi connectivity index (χ1) is 13.9. The minimum Gasteiger partial charge on any atom is -0.497 e. The number of aliphatic hydroxyl groups excluding tert-OH is 1. The third kappa shape index (κ3) is 7.53. The number of ether oxygens (including phenoxy) is 1. The highest BCUT2D eigenvalue weighted by Crippen LogP contribution is 2.20. The molecule has 0 bridgehead atoms. The number of halogens is 2. The molecule has 0 aliphatic heterocycles. The molecule has 29 heavy (non-hydrogen) atoms. The van der Waals surface area contributed by atoms with E-state index in [4.69, 9.17) is 4.74 Å². The van der Waals surface area contributed by atoms with Gasteiger partial charge in [-0.15, -0.1) is 0 Å². The Bertz CT molecular complexity index is 880. The molecule has 154 valence electrons. The summed E-state index contributed by atoms with van der Waals surface area (Å²) in [4.78, 5) is 12.8. The summed E-state index contributed by atoms with van der Waals surface area (Å²) in [6.45, 7) is 1.87. The van der Waals surface area contributed by atoms with Crippen LogP contribution in [0.25, 0.3) is 0 Å². The van der Waals surface area contributed by atoms with Crippen LogP contribution in [-0.2, 0) is 6.42 Å². The first kappa shape index (κ1) is 23.5. The van der Waals surface area contributed by atoms with Gasteiger partial charge in [0.2, 0.25) is 0 Å². The molecule has 0 saturated carbocycles. The van der Waals surface area contributed by atoms with E-state index in [9.17, 15) is 14.3 Å². The Balaban J connectivity index is 2.07. The average Bonchev–Trinajstić information content (AvgIpc) is 2.73. The van der Waals surface area contributed by atoms with Crippen LogP contribution in [0.1, 0.15) is 47.3 Å². The fourth-order valence-electron chi connectivity index (χ4n) is 2.84. The lowest BCUT2D eigenvalue weighted by Gasteiger charge is -2.17. The van der Waals surface area contributed by atoms with Crippen molar-refractivity contribution in [3.63, 3.8) is 0 Å². The number of carbonyl (C=O) groups is 1. The highest BCUT2D eigenvalue weighted by Gasteiger charge is 2.17. The van der Waals surface area contributed by atoms with Crippen molar-refractivity contribution in [3.8, 4) is 16.9 Å². The van der Waals surface area contributed by atoms with Gasteiger partial charge in [0, 0.05) is 33.2 Å². The summed E-state index contributed by atoms with van der Waals surface area (Å²) < 4.78 is 18.9. The van der Waals surface area contributed by atoms with E-state index in [1.807, 2.05) is 31.2 Å². The van der Waals surface area contributed by atoms with Gasteiger partial charge in [-0.3, -0.25) is 4.79 Å². The molecule has 0 unspecified atom stereocenters. The zero-order valence-electron chi connectivity index (χ0n) is 16.2. The van der Waals surface area contributed by atoms with E-state index in [1.54, 1.807) is 13.2 Å². The monoisotopic (exact) mass is 527 g/mol. The van der Waals surface area contributed by atoms with Crippen molar-refractivity contribution >= 4 is 36.0 Å². The van der Waals surface area contributed by atoms with Gasteiger partial charge in [0.05, 0.1) is 19.3 Å². The number of aryl methyl sites for hydroxylation is 1. The predicted octanol–water partition coefficient (Wildman–Crippen LogP) is 5.05. The summed E-state index contributed by atoms with van der Waals surface area (Å²) in [5, 5.41) is 15.8.